The molecule has 0 aliphatic carbocycles. The van der Waals surface area contributed by atoms with E-state index in [1.807, 2.05) is 25.1 Å². The van der Waals surface area contributed by atoms with Gasteiger partial charge in [-0.05, 0) is 47.7 Å². The van der Waals surface area contributed by atoms with Gasteiger partial charge >= 0.3 is 5.97 Å². The molecule has 1 saturated heterocycles. The number of aromatic nitrogens is 1. The molecule has 0 bridgehead atoms. The maximum Gasteiger partial charge on any atom is 0.341 e. The molecule has 3 N–H and O–H groups in total. The number of carboxylic acid groups (broad SMARTS) is 1. The summed E-state index contributed by atoms with van der Waals surface area (Å²) in [6.07, 6.45) is 1.73. The van der Waals surface area contributed by atoms with Crippen molar-refractivity contribution in [2.24, 2.45) is 0 Å². The summed E-state index contributed by atoms with van der Waals surface area (Å²) >= 11 is 0. The summed E-state index contributed by atoms with van der Waals surface area (Å²) < 4.78 is 0. The van der Waals surface area contributed by atoms with Crippen molar-refractivity contribution in [2.45, 2.75) is 32.4 Å². The molecule has 0 spiro atoms. The summed E-state index contributed by atoms with van der Waals surface area (Å²) in [6, 6.07) is 20.5. The SMILES string of the molecule is CCc1cc(C(=O)O)c(=O)[nH]c1-c1ccc(N2CCC(NCc3ccccc3)C2)cc1.Cl. The lowest BCUT2D eigenvalue weighted by Crippen LogP contribution is -2.32. The molecule has 32 heavy (non-hydrogen) atoms. The molecule has 4 rings (SSSR count). The number of pyridine rings is 1. The quantitative estimate of drug-likeness (QED) is 0.501. The number of H-pyrrole nitrogens is 1. The molecular formula is C25H28ClN3O3. The number of aryl methyl sites for hydroxylation is 1. The molecule has 1 fully saturated rings. The first-order valence-corrected chi connectivity index (χ1v) is 10.7. The summed E-state index contributed by atoms with van der Waals surface area (Å²) in [4.78, 5) is 28.5. The van der Waals surface area contributed by atoms with E-state index in [2.05, 4.69) is 51.6 Å². The molecule has 7 heteroatoms. The van der Waals surface area contributed by atoms with Gasteiger partial charge in [0.25, 0.3) is 5.56 Å². The Morgan fingerprint density at radius 2 is 1.88 bits per heavy atom. The fraction of sp³-hybridized carbons (Fsp3) is 0.280. The van der Waals surface area contributed by atoms with Crippen LogP contribution in [0.3, 0.4) is 0 Å². The van der Waals surface area contributed by atoms with Crippen molar-refractivity contribution < 1.29 is 9.90 Å². The van der Waals surface area contributed by atoms with Gasteiger partial charge in [-0.15, -0.1) is 12.4 Å². The molecule has 1 unspecified atom stereocenters. The normalized spacial score (nSPS) is 15.4. The van der Waals surface area contributed by atoms with Crippen LogP contribution >= 0.6 is 12.4 Å². The minimum absolute atomic E-state index is 0. The lowest BCUT2D eigenvalue weighted by Gasteiger charge is -2.20. The highest BCUT2D eigenvalue weighted by Gasteiger charge is 2.22. The van der Waals surface area contributed by atoms with E-state index in [1.54, 1.807) is 0 Å². The molecule has 1 aromatic heterocycles. The van der Waals surface area contributed by atoms with Crippen LogP contribution in [0.15, 0.2) is 65.5 Å². The monoisotopic (exact) mass is 453 g/mol. The molecule has 0 amide bonds. The van der Waals surface area contributed by atoms with Crippen LogP contribution in [0.2, 0.25) is 0 Å². The van der Waals surface area contributed by atoms with E-state index in [1.165, 1.54) is 11.6 Å². The first kappa shape index (κ1) is 23.6. The highest BCUT2D eigenvalue weighted by molar-refractivity contribution is 5.88. The van der Waals surface area contributed by atoms with Crippen LogP contribution in [0, 0.1) is 0 Å². The Morgan fingerprint density at radius 1 is 1.16 bits per heavy atom. The number of hydrogen-bond donors (Lipinski definition) is 3. The van der Waals surface area contributed by atoms with Gasteiger partial charge in [-0.3, -0.25) is 4.79 Å². The number of aromatic carboxylic acids is 1. The second kappa shape index (κ2) is 10.5. The predicted molar refractivity (Wildman–Crippen MR) is 130 cm³/mol. The highest BCUT2D eigenvalue weighted by atomic mass is 35.5. The molecule has 3 aromatic rings. The number of nitrogens with one attached hydrogen (secondary N) is 2. The Hall–Kier alpha value is -3.09. The van der Waals surface area contributed by atoms with Crippen LogP contribution in [0.5, 0.6) is 0 Å². The van der Waals surface area contributed by atoms with Crippen molar-refractivity contribution in [3.63, 3.8) is 0 Å². The molecule has 1 aliphatic rings. The van der Waals surface area contributed by atoms with Gasteiger partial charge in [0.1, 0.15) is 5.56 Å². The molecular weight excluding hydrogens is 426 g/mol. The van der Waals surface area contributed by atoms with Crippen LogP contribution in [0.1, 0.15) is 34.8 Å². The van der Waals surface area contributed by atoms with Crippen LogP contribution < -0.4 is 15.8 Å². The lowest BCUT2D eigenvalue weighted by atomic mass is 10.0. The maximum absolute atomic E-state index is 12.1. The molecule has 1 atom stereocenters. The van der Waals surface area contributed by atoms with E-state index in [0.717, 1.165) is 42.9 Å². The van der Waals surface area contributed by atoms with Gasteiger partial charge in [0.15, 0.2) is 0 Å². The van der Waals surface area contributed by atoms with E-state index in [4.69, 9.17) is 0 Å². The highest BCUT2D eigenvalue weighted by Crippen LogP contribution is 2.26. The van der Waals surface area contributed by atoms with Crippen molar-refractivity contribution in [3.8, 4) is 11.3 Å². The fourth-order valence-electron chi connectivity index (χ4n) is 4.13. The lowest BCUT2D eigenvalue weighted by molar-refractivity contribution is 0.0695. The van der Waals surface area contributed by atoms with Gasteiger partial charge < -0.3 is 20.3 Å². The number of benzene rings is 2. The third kappa shape index (κ3) is 5.21. The summed E-state index contributed by atoms with van der Waals surface area (Å²) in [5.41, 5.74) is 4.03. The van der Waals surface area contributed by atoms with E-state index in [0.29, 0.717) is 18.2 Å². The average Bonchev–Trinajstić information content (AvgIpc) is 3.27. The van der Waals surface area contributed by atoms with Crippen molar-refractivity contribution in [1.29, 1.82) is 0 Å². The fourth-order valence-corrected chi connectivity index (χ4v) is 4.13. The number of carboxylic acids is 1. The molecule has 0 radical (unpaired) electrons. The zero-order valence-electron chi connectivity index (χ0n) is 18.0. The first-order chi connectivity index (χ1) is 15.0. The Balaban J connectivity index is 0.00000289. The number of halogens is 1. The number of rotatable bonds is 7. The van der Waals surface area contributed by atoms with Crippen molar-refractivity contribution in [3.05, 3.63) is 87.7 Å². The summed E-state index contributed by atoms with van der Waals surface area (Å²) in [5, 5.41) is 12.8. The van der Waals surface area contributed by atoms with Gasteiger partial charge in [-0.1, -0.05) is 49.4 Å². The smallest absolute Gasteiger partial charge is 0.341 e. The van der Waals surface area contributed by atoms with Gasteiger partial charge in [-0.25, -0.2) is 4.79 Å². The number of aromatic amines is 1. The van der Waals surface area contributed by atoms with Gasteiger partial charge in [0.2, 0.25) is 0 Å². The molecule has 168 valence electrons. The number of anilines is 1. The van der Waals surface area contributed by atoms with Crippen molar-refractivity contribution >= 4 is 24.1 Å². The zero-order chi connectivity index (χ0) is 21.8. The molecule has 0 saturated carbocycles. The van der Waals surface area contributed by atoms with E-state index >= 15 is 0 Å². The van der Waals surface area contributed by atoms with Crippen molar-refractivity contribution in [2.75, 3.05) is 18.0 Å². The molecule has 2 heterocycles. The number of hydrogen-bond acceptors (Lipinski definition) is 4. The Labute approximate surface area is 193 Å². The number of nitrogens with zero attached hydrogens (tertiary/aromatic N) is 1. The van der Waals surface area contributed by atoms with Crippen LogP contribution in [-0.4, -0.2) is 35.2 Å². The maximum atomic E-state index is 12.1. The summed E-state index contributed by atoms with van der Waals surface area (Å²) in [7, 11) is 0. The number of carbonyl (C=O) groups is 1. The van der Waals surface area contributed by atoms with Gasteiger partial charge in [0, 0.05) is 31.4 Å². The average molecular weight is 454 g/mol. The summed E-state index contributed by atoms with van der Waals surface area (Å²) in [5.74, 6) is -1.21. The summed E-state index contributed by atoms with van der Waals surface area (Å²) in [6.45, 7) is 4.77. The Kier molecular flexibility index (Phi) is 7.72. The standard InChI is InChI=1S/C25H27N3O3.ClH/c1-2-18-14-22(25(30)31)24(29)27-23(18)19-8-10-21(11-9-19)28-13-12-20(16-28)26-15-17-6-4-3-5-7-17;/h3-11,14,20,26H,2,12-13,15-16H2,1H3,(H,27,29)(H,30,31);1H. The van der Waals surface area contributed by atoms with E-state index in [-0.39, 0.29) is 18.0 Å². The first-order valence-electron chi connectivity index (χ1n) is 10.7. The molecule has 2 aromatic carbocycles. The van der Waals surface area contributed by atoms with Crippen molar-refractivity contribution in [1.82, 2.24) is 10.3 Å². The van der Waals surface area contributed by atoms with E-state index in [9.17, 15) is 14.7 Å². The Bertz CT molecular complexity index is 1110. The minimum Gasteiger partial charge on any atom is -0.477 e. The molecule has 6 nitrogen and oxygen atoms in total. The van der Waals surface area contributed by atoms with E-state index < -0.39 is 11.5 Å². The topological polar surface area (TPSA) is 85.4 Å². The third-order valence-electron chi connectivity index (χ3n) is 5.88. The molecule has 1 aliphatic heterocycles. The van der Waals surface area contributed by atoms with Crippen LogP contribution in [0.4, 0.5) is 5.69 Å². The zero-order valence-corrected chi connectivity index (χ0v) is 18.8. The van der Waals surface area contributed by atoms with Crippen LogP contribution in [0.25, 0.3) is 11.3 Å². The predicted octanol–water partition coefficient (Wildman–Crippen LogP) is 4.09. The second-order valence-electron chi connectivity index (χ2n) is 7.92. The van der Waals surface area contributed by atoms with Gasteiger partial charge in [-0.2, -0.15) is 0 Å². The minimum atomic E-state index is -1.21. The Morgan fingerprint density at radius 3 is 2.53 bits per heavy atom. The van der Waals surface area contributed by atoms with Gasteiger partial charge in [0.05, 0.1) is 5.69 Å². The van der Waals surface area contributed by atoms with Crippen LogP contribution in [-0.2, 0) is 13.0 Å². The third-order valence-corrected chi connectivity index (χ3v) is 5.88. The largest absolute Gasteiger partial charge is 0.477 e. The second-order valence-corrected chi connectivity index (χ2v) is 7.92.